The highest BCUT2D eigenvalue weighted by atomic mass is 19.4. The minimum atomic E-state index is -5.31. The lowest BCUT2D eigenvalue weighted by Gasteiger charge is -2.25. The van der Waals surface area contributed by atoms with E-state index in [1.165, 1.54) is 0 Å². The summed E-state index contributed by atoms with van der Waals surface area (Å²) in [6.07, 6.45) is -11.0. The maximum atomic E-state index is 14.7. The summed E-state index contributed by atoms with van der Waals surface area (Å²) in [4.78, 5) is 28.1. The van der Waals surface area contributed by atoms with Crippen molar-refractivity contribution < 1.29 is 39.9 Å². The zero-order valence-corrected chi connectivity index (χ0v) is 20.4. The molecule has 4 atom stereocenters. The van der Waals surface area contributed by atoms with Gasteiger partial charge in [0, 0.05) is 37.0 Å². The van der Waals surface area contributed by atoms with Crippen LogP contribution in [-0.4, -0.2) is 54.2 Å². The minimum absolute atomic E-state index is 0.0751. The van der Waals surface area contributed by atoms with Gasteiger partial charge in [-0.15, -0.1) is 0 Å². The SMILES string of the molecule is CN1C[C@@H]2[C@H](C1)[C@H]2Nc1cc(=O)n(C2(C(F)F)CC2)cc1C(=O)N[C@@H](c1cccc(C(F)F)c1F)C(F)(F)F. The van der Waals surface area contributed by atoms with Gasteiger partial charge < -0.3 is 20.1 Å². The number of piperidine rings is 1. The van der Waals surface area contributed by atoms with Crippen molar-refractivity contribution in [1.29, 1.82) is 0 Å². The number of likely N-dealkylation sites (tertiary alicyclic amines) is 1. The van der Waals surface area contributed by atoms with Crippen molar-refractivity contribution in [2.45, 2.75) is 49.5 Å². The molecule has 14 heteroatoms. The minimum Gasteiger partial charge on any atom is -0.381 e. The number of rotatable bonds is 8. The molecule has 2 aliphatic carbocycles. The number of benzene rings is 1. The topological polar surface area (TPSA) is 66.4 Å². The molecule has 5 rings (SSSR count). The highest BCUT2D eigenvalue weighted by Gasteiger charge is 2.56. The van der Waals surface area contributed by atoms with Gasteiger partial charge in [-0.2, -0.15) is 13.2 Å². The van der Waals surface area contributed by atoms with E-state index in [0.717, 1.165) is 18.3 Å². The Morgan fingerprint density at radius 1 is 1.08 bits per heavy atom. The van der Waals surface area contributed by atoms with Crippen LogP contribution >= 0.6 is 0 Å². The lowest BCUT2D eigenvalue weighted by atomic mass is 10.0. The maximum Gasteiger partial charge on any atom is 0.412 e. The van der Waals surface area contributed by atoms with Crippen LogP contribution in [0.2, 0.25) is 0 Å². The second-order valence-corrected chi connectivity index (χ2v) is 10.4. The number of hydrogen-bond acceptors (Lipinski definition) is 4. The molecule has 0 spiro atoms. The van der Waals surface area contributed by atoms with Crippen LogP contribution in [0.5, 0.6) is 0 Å². The number of hydrogen-bond donors (Lipinski definition) is 2. The third kappa shape index (κ3) is 4.87. The Morgan fingerprint density at radius 3 is 2.23 bits per heavy atom. The van der Waals surface area contributed by atoms with Gasteiger partial charge >= 0.3 is 6.18 Å². The van der Waals surface area contributed by atoms with Gasteiger partial charge in [-0.3, -0.25) is 9.59 Å². The van der Waals surface area contributed by atoms with Crippen LogP contribution < -0.4 is 16.2 Å². The first kappa shape index (κ1) is 27.4. The maximum absolute atomic E-state index is 14.7. The van der Waals surface area contributed by atoms with Gasteiger partial charge in [-0.05, 0) is 31.7 Å². The van der Waals surface area contributed by atoms with Crippen molar-refractivity contribution in [2.75, 3.05) is 25.5 Å². The number of pyridine rings is 1. The molecule has 2 N–H and O–H groups in total. The Hall–Kier alpha value is -3.16. The zero-order valence-electron chi connectivity index (χ0n) is 20.4. The normalized spacial score (nSPS) is 24.5. The smallest absolute Gasteiger partial charge is 0.381 e. The van der Waals surface area contributed by atoms with Gasteiger partial charge in [0.25, 0.3) is 24.3 Å². The van der Waals surface area contributed by atoms with Crippen LogP contribution in [0.25, 0.3) is 0 Å². The first-order chi connectivity index (χ1) is 18.2. The Morgan fingerprint density at radius 2 is 1.69 bits per heavy atom. The molecule has 0 bridgehead atoms. The van der Waals surface area contributed by atoms with Crippen molar-refractivity contribution in [2.24, 2.45) is 11.8 Å². The predicted molar refractivity (Wildman–Crippen MR) is 123 cm³/mol. The third-order valence-corrected chi connectivity index (χ3v) is 7.85. The molecule has 6 nitrogen and oxygen atoms in total. The number of amides is 1. The Labute approximate surface area is 217 Å². The van der Waals surface area contributed by atoms with Gasteiger partial charge in [-0.1, -0.05) is 18.2 Å². The van der Waals surface area contributed by atoms with E-state index in [0.29, 0.717) is 29.8 Å². The van der Waals surface area contributed by atoms with Crippen molar-refractivity contribution >= 4 is 11.6 Å². The Bertz CT molecular complexity index is 1330. The summed E-state index contributed by atoms with van der Waals surface area (Å²) >= 11 is 0. The van der Waals surface area contributed by atoms with Crippen LogP contribution in [0.3, 0.4) is 0 Å². The van der Waals surface area contributed by atoms with Crippen LogP contribution in [0.4, 0.5) is 40.8 Å². The molecule has 3 fully saturated rings. The summed E-state index contributed by atoms with van der Waals surface area (Å²) in [6.45, 7) is 1.43. The van der Waals surface area contributed by atoms with Crippen molar-refractivity contribution in [3.63, 3.8) is 0 Å². The first-order valence-corrected chi connectivity index (χ1v) is 12.2. The fraction of sp³-hybridized carbons (Fsp3) is 0.520. The molecular formula is C25H24F8N4O2. The van der Waals surface area contributed by atoms with Crippen LogP contribution in [0.15, 0.2) is 35.3 Å². The molecule has 1 saturated heterocycles. The number of fused-ring (bicyclic) bond motifs is 1. The van der Waals surface area contributed by atoms with Crippen molar-refractivity contribution in [3.05, 3.63) is 63.3 Å². The lowest BCUT2D eigenvalue weighted by molar-refractivity contribution is -0.155. The predicted octanol–water partition coefficient (Wildman–Crippen LogP) is 4.68. The molecule has 1 aromatic carbocycles. The van der Waals surface area contributed by atoms with Crippen LogP contribution in [-0.2, 0) is 5.54 Å². The number of anilines is 1. The standard InChI is InChI=1S/C25H24F8N4O2/c1-36-8-13-14(9-36)19(13)34-16-7-17(38)37(24(5-6-24)23(29)30)10-15(16)22(39)35-20(25(31,32)33)11-3-2-4-12(18(11)26)21(27)28/h2-4,7,10,13-14,19-21,23,34H,5-6,8-9H2,1H3,(H,35,39)/t13-,14+,19+,20-/m0/s1. The number of halogens is 8. The summed E-state index contributed by atoms with van der Waals surface area (Å²) in [5, 5.41) is 4.64. The largest absolute Gasteiger partial charge is 0.412 e. The molecule has 39 heavy (non-hydrogen) atoms. The molecule has 1 aromatic heterocycles. The Balaban J connectivity index is 1.52. The average molecular weight is 564 g/mol. The first-order valence-electron chi connectivity index (χ1n) is 12.2. The molecule has 2 heterocycles. The number of aromatic nitrogens is 1. The molecule has 0 unspecified atom stereocenters. The Kier molecular flexibility index (Phi) is 6.67. The molecular weight excluding hydrogens is 540 g/mol. The molecule has 2 saturated carbocycles. The molecule has 2 aromatic rings. The summed E-state index contributed by atoms with van der Waals surface area (Å²) in [7, 11) is 1.90. The van der Waals surface area contributed by atoms with Gasteiger partial charge in [0.1, 0.15) is 11.4 Å². The van der Waals surface area contributed by atoms with E-state index in [9.17, 15) is 44.7 Å². The van der Waals surface area contributed by atoms with E-state index >= 15 is 0 Å². The van der Waals surface area contributed by atoms with E-state index in [1.54, 1.807) is 5.32 Å². The summed E-state index contributed by atoms with van der Waals surface area (Å²) in [6, 6.07) is -0.268. The van der Waals surface area contributed by atoms with Crippen molar-refractivity contribution in [1.82, 2.24) is 14.8 Å². The molecule has 212 valence electrons. The fourth-order valence-corrected chi connectivity index (χ4v) is 5.51. The zero-order chi connectivity index (χ0) is 28.4. The monoisotopic (exact) mass is 564 g/mol. The third-order valence-electron chi connectivity index (χ3n) is 7.85. The highest BCUT2D eigenvalue weighted by molar-refractivity contribution is 5.99. The van der Waals surface area contributed by atoms with E-state index in [1.807, 2.05) is 7.05 Å². The van der Waals surface area contributed by atoms with E-state index in [4.69, 9.17) is 0 Å². The van der Waals surface area contributed by atoms with Crippen LogP contribution in [0.1, 0.15) is 46.8 Å². The van der Waals surface area contributed by atoms with E-state index in [2.05, 4.69) is 10.2 Å². The van der Waals surface area contributed by atoms with Crippen LogP contribution in [0, 0.1) is 17.7 Å². The van der Waals surface area contributed by atoms with Gasteiger partial charge in [-0.25, -0.2) is 22.0 Å². The van der Waals surface area contributed by atoms with Crippen molar-refractivity contribution in [3.8, 4) is 0 Å². The van der Waals surface area contributed by atoms with E-state index in [-0.39, 0.29) is 36.4 Å². The molecule has 3 aliphatic rings. The number of nitrogens with zero attached hydrogens (tertiary/aromatic N) is 2. The number of carbonyl (C=O) groups excluding carboxylic acids is 1. The second-order valence-electron chi connectivity index (χ2n) is 10.4. The highest BCUT2D eigenvalue weighted by Crippen LogP contribution is 2.49. The second kappa shape index (κ2) is 9.49. The summed E-state index contributed by atoms with van der Waals surface area (Å²) < 4.78 is 111. The lowest BCUT2D eigenvalue weighted by Crippen LogP contribution is -2.41. The quantitative estimate of drug-likeness (QED) is 0.457. The number of alkyl halides is 7. The van der Waals surface area contributed by atoms with E-state index < -0.39 is 64.6 Å². The van der Waals surface area contributed by atoms with Gasteiger partial charge in [0.05, 0.1) is 16.8 Å². The number of nitrogens with one attached hydrogen (secondary N) is 2. The molecule has 1 aliphatic heterocycles. The molecule has 1 amide bonds. The van der Waals surface area contributed by atoms with Gasteiger partial charge in [0.2, 0.25) is 0 Å². The summed E-state index contributed by atoms with van der Waals surface area (Å²) in [5.74, 6) is -2.94. The fourth-order valence-electron chi connectivity index (χ4n) is 5.51. The average Bonchev–Trinajstić information content (AvgIpc) is 3.72. The summed E-state index contributed by atoms with van der Waals surface area (Å²) in [5.41, 5.74) is -5.93. The molecule has 0 radical (unpaired) electrons. The van der Waals surface area contributed by atoms with Gasteiger partial charge in [0.15, 0.2) is 6.04 Å². The number of carbonyl (C=O) groups is 1.